The Morgan fingerprint density at radius 1 is 0.560 bits per heavy atom. The molecule has 0 aromatic heterocycles. The fourth-order valence-corrected chi connectivity index (χ4v) is 3.53. The molecule has 0 saturated heterocycles. The lowest BCUT2D eigenvalue weighted by molar-refractivity contribution is 0.519. The van der Waals surface area contributed by atoms with Crippen LogP contribution in [-0.4, -0.2) is 0 Å². The summed E-state index contributed by atoms with van der Waals surface area (Å²) in [6.45, 7) is 6.10. The molecule has 1 unspecified atom stereocenters. The van der Waals surface area contributed by atoms with Gasteiger partial charge in [-0.2, -0.15) is 5.26 Å². The van der Waals surface area contributed by atoms with Crippen LogP contribution >= 0.6 is 0 Å². The molecule has 0 bridgehead atoms. The van der Waals surface area contributed by atoms with Gasteiger partial charge in [0, 0.05) is 5.92 Å². The Bertz CT molecular complexity index is 278. The summed E-state index contributed by atoms with van der Waals surface area (Å²) < 4.78 is 0. The highest BCUT2D eigenvalue weighted by Crippen LogP contribution is 2.15. The van der Waals surface area contributed by atoms with Crippen LogP contribution in [-0.2, 0) is 0 Å². The molecule has 0 aliphatic carbocycles. The van der Waals surface area contributed by atoms with E-state index in [1.807, 2.05) is 0 Å². The normalized spacial score (nSPS) is 12.2. The average Bonchev–Trinajstić information content (AvgIpc) is 2.63. The van der Waals surface area contributed by atoms with Gasteiger partial charge in [0.05, 0.1) is 6.07 Å². The van der Waals surface area contributed by atoms with Crippen molar-refractivity contribution in [3.63, 3.8) is 0 Å². The third-order valence-electron chi connectivity index (χ3n) is 5.34. The molecule has 0 aromatic carbocycles. The van der Waals surface area contributed by atoms with E-state index in [1.54, 1.807) is 0 Å². The van der Waals surface area contributed by atoms with Crippen molar-refractivity contribution in [1.82, 2.24) is 0 Å². The maximum absolute atomic E-state index is 8.67. The summed E-state index contributed by atoms with van der Waals surface area (Å²) in [6, 6.07) is 2.21. The van der Waals surface area contributed by atoms with E-state index in [1.165, 1.54) is 122 Å². The molecule has 0 rings (SSSR count). The summed E-state index contributed by atoms with van der Waals surface area (Å²) in [5, 5.41) is 8.67. The van der Waals surface area contributed by atoms with Gasteiger partial charge in [0.2, 0.25) is 0 Å². The Morgan fingerprint density at radius 2 is 0.840 bits per heavy atom. The molecule has 0 aliphatic rings. The lowest BCUT2D eigenvalue weighted by atomic mass is 10.0. The quantitative estimate of drug-likeness (QED) is 0.202. The molecule has 0 amide bonds. The molecule has 1 heteroatoms. The summed E-state index contributed by atoms with van der Waals surface area (Å²) in [7, 11) is 0. The minimum absolute atomic E-state index is 0.00537. The van der Waals surface area contributed by atoms with E-state index in [9.17, 15) is 0 Å². The van der Waals surface area contributed by atoms with E-state index >= 15 is 0 Å². The smallest absolute Gasteiger partial charge is 0.0655 e. The summed E-state index contributed by atoms with van der Waals surface area (Å²) in [4.78, 5) is 0. The fraction of sp³-hybridized carbons (Fsp3) is 0.917. The van der Waals surface area contributed by atoms with Crippen LogP contribution in [0.3, 0.4) is 0 Å². The van der Waals surface area contributed by atoms with Crippen LogP contribution in [0.15, 0.2) is 0 Å². The van der Waals surface area contributed by atoms with Crippen molar-refractivity contribution in [3.8, 4) is 6.07 Å². The maximum atomic E-state index is 8.67. The van der Waals surface area contributed by atoms with E-state index in [2.05, 4.69) is 19.9 Å². The highest BCUT2D eigenvalue weighted by Gasteiger charge is 1.99. The fourth-order valence-electron chi connectivity index (χ4n) is 3.53. The number of rotatable bonds is 20. The molecule has 0 fully saturated rings. The van der Waals surface area contributed by atoms with Crippen LogP contribution in [0.1, 0.15) is 135 Å². The third kappa shape index (κ3) is 21.4. The van der Waals surface area contributed by atoms with Gasteiger partial charge < -0.3 is 0 Å². The molecule has 25 heavy (non-hydrogen) atoms. The van der Waals surface area contributed by atoms with Crippen molar-refractivity contribution < 1.29 is 0 Å². The van der Waals surface area contributed by atoms with Crippen molar-refractivity contribution in [3.05, 3.63) is 6.92 Å². The number of unbranched alkanes of at least 4 members (excludes halogenated alkanes) is 18. The van der Waals surface area contributed by atoms with Gasteiger partial charge in [-0.05, 0) is 13.3 Å². The van der Waals surface area contributed by atoms with Crippen molar-refractivity contribution in [1.29, 1.82) is 5.26 Å². The number of hydrogen-bond acceptors (Lipinski definition) is 1. The first kappa shape index (κ1) is 24.5. The average molecular weight is 349 g/mol. The predicted octanol–water partition coefficient (Wildman–Crippen LogP) is 8.78. The molecular weight excluding hydrogens is 302 g/mol. The Labute approximate surface area is 160 Å². The first-order valence-electron chi connectivity index (χ1n) is 11.5. The van der Waals surface area contributed by atoms with E-state index in [4.69, 9.17) is 5.26 Å². The summed E-state index contributed by atoms with van der Waals surface area (Å²) in [6.07, 6.45) is 27.8. The van der Waals surface area contributed by atoms with E-state index in [0.717, 1.165) is 6.42 Å². The standard InChI is InChI=1S/C24H46N/c1-3-4-5-6-7-8-9-10-11-12-13-14-15-16-17-18-19-20-21-22-24(2)23-25/h24H,2-22H2,1H3. The van der Waals surface area contributed by atoms with Crippen LogP contribution in [0.5, 0.6) is 0 Å². The van der Waals surface area contributed by atoms with Crippen LogP contribution < -0.4 is 0 Å². The van der Waals surface area contributed by atoms with Crippen molar-refractivity contribution >= 4 is 0 Å². The highest BCUT2D eigenvalue weighted by molar-refractivity contribution is 4.83. The Morgan fingerprint density at radius 3 is 1.12 bits per heavy atom. The van der Waals surface area contributed by atoms with Gasteiger partial charge in [-0.15, -0.1) is 0 Å². The molecule has 0 spiro atoms. The van der Waals surface area contributed by atoms with Gasteiger partial charge in [-0.25, -0.2) is 0 Å². The SMILES string of the molecule is [CH2]C(C#N)CCCCCCCCCCCCCCCCCCCCC. The minimum atomic E-state index is 0.00537. The second kappa shape index (κ2) is 21.5. The van der Waals surface area contributed by atoms with E-state index in [-0.39, 0.29) is 5.92 Å². The Balaban J connectivity index is 3.00. The summed E-state index contributed by atoms with van der Waals surface area (Å²) in [5.74, 6) is 0.00537. The zero-order valence-electron chi connectivity index (χ0n) is 17.4. The predicted molar refractivity (Wildman–Crippen MR) is 112 cm³/mol. The maximum Gasteiger partial charge on any atom is 0.0655 e. The van der Waals surface area contributed by atoms with Crippen LogP contribution in [0, 0.1) is 24.2 Å². The molecule has 1 radical (unpaired) electrons. The molecular formula is C24H46N. The van der Waals surface area contributed by atoms with Gasteiger partial charge in [-0.3, -0.25) is 0 Å². The number of hydrogen-bond donors (Lipinski definition) is 0. The summed E-state index contributed by atoms with van der Waals surface area (Å²) >= 11 is 0. The molecule has 0 N–H and O–H groups in total. The molecule has 1 nitrogen and oxygen atoms in total. The highest BCUT2D eigenvalue weighted by atomic mass is 14.3. The zero-order valence-corrected chi connectivity index (χ0v) is 17.4. The number of nitrogens with zero attached hydrogens (tertiary/aromatic N) is 1. The van der Waals surface area contributed by atoms with Crippen molar-refractivity contribution in [2.45, 2.75) is 135 Å². The topological polar surface area (TPSA) is 23.8 Å². The van der Waals surface area contributed by atoms with Crippen molar-refractivity contribution in [2.75, 3.05) is 0 Å². The van der Waals surface area contributed by atoms with Gasteiger partial charge in [0.15, 0.2) is 0 Å². The van der Waals surface area contributed by atoms with Gasteiger partial charge >= 0.3 is 0 Å². The number of nitriles is 1. The first-order chi connectivity index (χ1) is 12.3. The lowest BCUT2D eigenvalue weighted by Gasteiger charge is -2.04. The summed E-state index contributed by atoms with van der Waals surface area (Å²) in [5.41, 5.74) is 0. The molecule has 0 saturated carbocycles. The lowest BCUT2D eigenvalue weighted by Crippen LogP contribution is -1.90. The zero-order chi connectivity index (χ0) is 18.4. The first-order valence-corrected chi connectivity index (χ1v) is 11.5. The van der Waals surface area contributed by atoms with Gasteiger partial charge in [-0.1, -0.05) is 129 Å². The molecule has 0 heterocycles. The van der Waals surface area contributed by atoms with Crippen LogP contribution in [0.4, 0.5) is 0 Å². The van der Waals surface area contributed by atoms with Crippen LogP contribution in [0.25, 0.3) is 0 Å². The second-order valence-electron chi connectivity index (χ2n) is 7.98. The third-order valence-corrected chi connectivity index (χ3v) is 5.34. The Hall–Kier alpha value is -0.510. The van der Waals surface area contributed by atoms with E-state index < -0.39 is 0 Å². The van der Waals surface area contributed by atoms with Crippen LogP contribution in [0.2, 0.25) is 0 Å². The second-order valence-corrected chi connectivity index (χ2v) is 7.98. The largest absolute Gasteiger partial charge is 0.198 e. The minimum Gasteiger partial charge on any atom is -0.198 e. The monoisotopic (exact) mass is 348 g/mol. The molecule has 147 valence electrons. The molecule has 0 aromatic rings. The van der Waals surface area contributed by atoms with Gasteiger partial charge in [0.25, 0.3) is 0 Å². The van der Waals surface area contributed by atoms with Gasteiger partial charge in [0.1, 0.15) is 0 Å². The van der Waals surface area contributed by atoms with E-state index in [0.29, 0.717) is 0 Å². The molecule has 1 atom stereocenters. The molecule has 0 aliphatic heterocycles. The van der Waals surface area contributed by atoms with Crippen molar-refractivity contribution in [2.24, 2.45) is 5.92 Å². The Kier molecular flexibility index (Phi) is 21.1.